The molecule has 1 saturated heterocycles. The van der Waals surface area contributed by atoms with E-state index in [1.54, 1.807) is 0 Å². The van der Waals surface area contributed by atoms with Gasteiger partial charge in [0.05, 0.1) is 5.92 Å². The Labute approximate surface area is 210 Å². The number of nitrogens with zero attached hydrogens (tertiary/aromatic N) is 4. The van der Waals surface area contributed by atoms with E-state index in [0.29, 0.717) is 23.9 Å². The smallest absolute Gasteiger partial charge is 0.226 e. The third kappa shape index (κ3) is 4.63. The van der Waals surface area contributed by atoms with Crippen LogP contribution < -0.4 is 0 Å². The first kappa shape index (κ1) is 24.1. The van der Waals surface area contributed by atoms with Gasteiger partial charge in [-0.15, -0.1) is 0 Å². The molecule has 1 unspecified atom stereocenters. The van der Waals surface area contributed by atoms with Crippen molar-refractivity contribution in [2.24, 2.45) is 5.92 Å². The van der Waals surface area contributed by atoms with E-state index in [1.807, 2.05) is 18.3 Å². The van der Waals surface area contributed by atoms with Crippen LogP contribution in [0.2, 0.25) is 0 Å². The number of unbranched alkanes of at least 4 members (excludes halogenated alkanes) is 1. The van der Waals surface area contributed by atoms with Crippen molar-refractivity contribution in [2.45, 2.75) is 70.9 Å². The molecule has 1 fully saturated rings. The molecule has 2 aromatic heterocycles. The van der Waals surface area contributed by atoms with Gasteiger partial charge in [0.2, 0.25) is 5.91 Å². The molecule has 0 spiro atoms. The summed E-state index contributed by atoms with van der Waals surface area (Å²) in [5, 5.41) is 1.45. The Morgan fingerprint density at radius 1 is 1.17 bits per heavy atom. The number of likely N-dealkylation sites (N-methyl/N-ethyl adjacent to an activating group) is 1. The number of amides is 1. The van der Waals surface area contributed by atoms with Crippen LogP contribution in [0.15, 0.2) is 48.8 Å². The van der Waals surface area contributed by atoms with Crippen LogP contribution in [0.25, 0.3) is 10.9 Å². The van der Waals surface area contributed by atoms with Crippen LogP contribution in [0.3, 0.4) is 0 Å². The summed E-state index contributed by atoms with van der Waals surface area (Å²) in [5.41, 5.74) is 5.42. The first-order valence-corrected chi connectivity index (χ1v) is 13.5. The molecule has 0 saturated carbocycles. The highest BCUT2D eigenvalue weighted by Crippen LogP contribution is 2.45. The quantitative estimate of drug-likeness (QED) is 0.410. The van der Waals surface area contributed by atoms with Gasteiger partial charge in [0.15, 0.2) is 0 Å². The van der Waals surface area contributed by atoms with Crippen molar-refractivity contribution in [3.63, 3.8) is 0 Å². The molecule has 186 valence electrons. The summed E-state index contributed by atoms with van der Waals surface area (Å²) in [5.74, 6) is 0.833. The molecule has 1 amide bonds. The number of carbonyl (C=O) groups is 1. The highest BCUT2D eigenvalue weighted by Gasteiger charge is 2.42. The predicted molar refractivity (Wildman–Crippen MR) is 143 cm³/mol. The highest BCUT2D eigenvalue weighted by atomic mass is 16.2. The number of hydrogen-bond donors (Lipinski definition) is 0. The van der Waals surface area contributed by atoms with Gasteiger partial charge in [0, 0.05) is 66.6 Å². The van der Waals surface area contributed by atoms with Crippen LogP contribution in [0.4, 0.5) is 0 Å². The third-order valence-electron chi connectivity index (χ3n) is 8.31. The zero-order chi connectivity index (χ0) is 24.5. The molecule has 3 aromatic rings. The molecule has 5 heteroatoms. The van der Waals surface area contributed by atoms with Crippen LogP contribution in [0.5, 0.6) is 0 Å². The molecule has 1 aliphatic heterocycles. The third-order valence-corrected chi connectivity index (χ3v) is 8.31. The van der Waals surface area contributed by atoms with Crippen molar-refractivity contribution < 1.29 is 4.79 Å². The molecule has 3 heterocycles. The van der Waals surface area contributed by atoms with E-state index in [4.69, 9.17) is 0 Å². The van der Waals surface area contributed by atoms with Crippen molar-refractivity contribution in [1.29, 1.82) is 0 Å². The Kier molecular flexibility index (Phi) is 6.97. The number of pyridine rings is 1. The Bertz CT molecular complexity index is 1170. The van der Waals surface area contributed by atoms with E-state index >= 15 is 0 Å². The molecule has 0 bridgehead atoms. The van der Waals surface area contributed by atoms with Gasteiger partial charge in [-0.1, -0.05) is 18.2 Å². The monoisotopic (exact) mass is 472 g/mol. The van der Waals surface area contributed by atoms with Gasteiger partial charge in [-0.3, -0.25) is 9.78 Å². The van der Waals surface area contributed by atoms with Crippen LogP contribution in [0.1, 0.15) is 68.8 Å². The lowest BCUT2D eigenvalue weighted by atomic mass is 9.72. The summed E-state index contributed by atoms with van der Waals surface area (Å²) in [4.78, 5) is 22.7. The minimum atomic E-state index is 0.0704. The summed E-state index contributed by atoms with van der Waals surface area (Å²) < 4.78 is 2.43. The van der Waals surface area contributed by atoms with Crippen molar-refractivity contribution in [2.75, 3.05) is 26.7 Å². The van der Waals surface area contributed by atoms with E-state index in [9.17, 15) is 4.79 Å². The minimum Gasteiger partial charge on any atom is -0.345 e. The molecule has 0 radical (unpaired) electrons. The van der Waals surface area contributed by atoms with Gasteiger partial charge in [-0.2, -0.15) is 0 Å². The second-order valence-corrected chi connectivity index (χ2v) is 10.8. The zero-order valence-corrected chi connectivity index (χ0v) is 21.8. The van der Waals surface area contributed by atoms with Gasteiger partial charge in [-0.25, -0.2) is 0 Å². The highest BCUT2D eigenvalue weighted by molar-refractivity contribution is 5.89. The number of rotatable bonds is 8. The average molecular weight is 473 g/mol. The number of aromatic nitrogens is 2. The first-order chi connectivity index (χ1) is 17.0. The number of fused-ring (bicyclic) bond motifs is 2. The number of aryl methyl sites for hydroxylation is 1. The van der Waals surface area contributed by atoms with Gasteiger partial charge in [0.25, 0.3) is 0 Å². The largest absolute Gasteiger partial charge is 0.345 e. The molecule has 5 nitrogen and oxygen atoms in total. The van der Waals surface area contributed by atoms with Crippen LogP contribution >= 0.6 is 0 Å². The van der Waals surface area contributed by atoms with Crippen molar-refractivity contribution in [1.82, 2.24) is 19.4 Å². The maximum Gasteiger partial charge on any atom is 0.226 e. The minimum absolute atomic E-state index is 0.0704. The van der Waals surface area contributed by atoms with E-state index in [-0.39, 0.29) is 5.92 Å². The lowest BCUT2D eigenvalue weighted by Gasteiger charge is -2.45. The first-order valence-electron chi connectivity index (χ1n) is 13.5. The zero-order valence-electron chi connectivity index (χ0n) is 21.8. The molecule has 35 heavy (non-hydrogen) atoms. The van der Waals surface area contributed by atoms with E-state index in [0.717, 1.165) is 57.4 Å². The van der Waals surface area contributed by atoms with Crippen LogP contribution in [0, 0.1) is 5.92 Å². The van der Waals surface area contributed by atoms with E-state index < -0.39 is 0 Å². The van der Waals surface area contributed by atoms with Gasteiger partial charge >= 0.3 is 0 Å². The standard InChI is InChI=1S/C30H40N4O/c1-5-33(16-9-7-12-24-11-6-8-15-31-24)30(35)23-17-26-25-13-10-14-27-29(25)22(20-34(27)21(2)3)18-28(26)32(4)19-23/h6,8,10-11,13-15,20-21,23,26,28H,5,7,9,12,16-19H2,1-4H3/t23?,26-,28-/m1/s1. The molecule has 0 N–H and O–H groups in total. The van der Waals surface area contributed by atoms with E-state index in [2.05, 4.69) is 77.6 Å². The van der Waals surface area contributed by atoms with Crippen molar-refractivity contribution in [3.05, 3.63) is 65.6 Å². The molecular weight excluding hydrogens is 432 g/mol. The Morgan fingerprint density at radius 3 is 2.77 bits per heavy atom. The molecule has 5 rings (SSSR count). The van der Waals surface area contributed by atoms with Crippen molar-refractivity contribution in [3.8, 4) is 0 Å². The van der Waals surface area contributed by atoms with Gasteiger partial charge < -0.3 is 14.4 Å². The predicted octanol–water partition coefficient (Wildman–Crippen LogP) is 5.45. The fourth-order valence-electron chi connectivity index (χ4n) is 6.52. The number of benzene rings is 1. The lowest BCUT2D eigenvalue weighted by molar-refractivity contribution is -0.138. The number of piperidine rings is 1. The average Bonchev–Trinajstić information content (AvgIpc) is 3.25. The fraction of sp³-hybridized carbons (Fsp3) is 0.533. The SMILES string of the molecule is CCN(CCCCc1ccccn1)C(=O)C1C[C@@H]2c3cccc4c3c(cn4C(C)C)C[C@H]2N(C)C1. The lowest BCUT2D eigenvalue weighted by Crippen LogP contribution is -2.52. The van der Waals surface area contributed by atoms with Crippen LogP contribution in [-0.2, 0) is 17.6 Å². The molecular formula is C30H40N4O. The fourth-order valence-corrected chi connectivity index (χ4v) is 6.52. The van der Waals surface area contributed by atoms with Crippen LogP contribution in [-0.4, -0.2) is 58.0 Å². The topological polar surface area (TPSA) is 41.4 Å². The maximum atomic E-state index is 13.7. The Morgan fingerprint density at radius 2 is 2.03 bits per heavy atom. The van der Waals surface area contributed by atoms with Gasteiger partial charge in [0.1, 0.15) is 0 Å². The van der Waals surface area contributed by atoms with Crippen molar-refractivity contribution >= 4 is 16.8 Å². The molecule has 2 aliphatic rings. The second kappa shape index (κ2) is 10.1. The Balaban J connectivity index is 1.29. The maximum absolute atomic E-state index is 13.7. The summed E-state index contributed by atoms with van der Waals surface area (Å²) in [7, 11) is 2.23. The molecule has 3 atom stereocenters. The summed E-state index contributed by atoms with van der Waals surface area (Å²) in [6.07, 6.45) is 9.35. The summed E-state index contributed by atoms with van der Waals surface area (Å²) >= 11 is 0. The van der Waals surface area contributed by atoms with Gasteiger partial charge in [-0.05, 0) is 89.2 Å². The Hall–Kier alpha value is -2.66. The number of hydrogen-bond acceptors (Lipinski definition) is 3. The summed E-state index contributed by atoms with van der Waals surface area (Å²) in [6, 6.07) is 13.8. The number of likely N-dealkylation sites (tertiary alicyclic amines) is 1. The second-order valence-electron chi connectivity index (χ2n) is 10.8. The number of carbonyl (C=O) groups excluding carboxylic acids is 1. The normalized spacial score (nSPS) is 21.9. The molecule has 1 aromatic carbocycles. The van der Waals surface area contributed by atoms with E-state index in [1.165, 1.54) is 22.0 Å². The summed E-state index contributed by atoms with van der Waals surface area (Å²) in [6.45, 7) is 9.13. The molecule has 1 aliphatic carbocycles.